The van der Waals surface area contributed by atoms with Crippen molar-refractivity contribution < 1.29 is 14.7 Å². The van der Waals surface area contributed by atoms with Gasteiger partial charge in [-0.15, -0.1) is 11.3 Å². The first-order valence-corrected chi connectivity index (χ1v) is 7.28. The Morgan fingerprint density at radius 3 is 2.67 bits per heavy atom. The highest BCUT2D eigenvalue weighted by Crippen LogP contribution is 2.21. The largest absolute Gasteiger partial charge is 0.478 e. The van der Waals surface area contributed by atoms with Crippen LogP contribution in [0.3, 0.4) is 0 Å². The van der Waals surface area contributed by atoms with Crippen molar-refractivity contribution in [3.05, 3.63) is 50.7 Å². The molecule has 0 fully saturated rings. The summed E-state index contributed by atoms with van der Waals surface area (Å²) < 4.78 is 0. The summed E-state index contributed by atoms with van der Waals surface area (Å²) in [6, 6.07) is 7.72. The lowest BCUT2D eigenvalue weighted by molar-refractivity contribution is 0.0698. The second-order valence-corrected chi connectivity index (χ2v) is 6.12. The number of carbonyl (C=O) groups is 2. The Bertz CT molecular complexity index is 685. The number of nitrogens with one attached hydrogen (secondary N) is 2. The van der Waals surface area contributed by atoms with Crippen molar-refractivity contribution in [2.75, 3.05) is 5.32 Å². The highest BCUT2D eigenvalue weighted by molar-refractivity contribution is 7.11. The smallest absolute Gasteiger partial charge is 0.337 e. The molecule has 1 aromatic carbocycles. The molecule has 7 heteroatoms. The molecule has 0 saturated carbocycles. The van der Waals surface area contributed by atoms with Gasteiger partial charge < -0.3 is 15.7 Å². The van der Waals surface area contributed by atoms with Crippen LogP contribution in [0.15, 0.2) is 30.3 Å². The molecule has 0 unspecified atom stereocenters. The van der Waals surface area contributed by atoms with Crippen LogP contribution < -0.4 is 10.6 Å². The Morgan fingerprint density at radius 1 is 1.29 bits per heavy atom. The Kier molecular flexibility index (Phi) is 4.82. The predicted molar refractivity (Wildman–Crippen MR) is 83.3 cm³/mol. The number of thiophene rings is 1. The summed E-state index contributed by atoms with van der Waals surface area (Å²) in [5.74, 6) is -1.15. The molecule has 2 rings (SSSR count). The first kappa shape index (κ1) is 15.3. The van der Waals surface area contributed by atoms with Crippen LogP contribution in [0.5, 0.6) is 0 Å². The fourth-order valence-corrected chi connectivity index (χ4v) is 2.72. The van der Waals surface area contributed by atoms with Crippen LogP contribution in [0.1, 0.15) is 20.1 Å². The number of anilines is 1. The molecule has 0 saturated heterocycles. The minimum Gasteiger partial charge on any atom is -0.478 e. The third-order valence-electron chi connectivity index (χ3n) is 2.68. The summed E-state index contributed by atoms with van der Waals surface area (Å²) in [5, 5.41) is 14.6. The van der Waals surface area contributed by atoms with E-state index in [1.54, 1.807) is 11.3 Å². The molecule has 110 valence electrons. The number of benzene rings is 1. The molecule has 5 nitrogen and oxygen atoms in total. The molecule has 0 atom stereocenters. The maximum absolute atomic E-state index is 11.8. The average molecular weight is 325 g/mol. The van der Waals surface area contributed by atoms with Gasteiger partial charge in [0.05, 0.1) is 17.8 Å². The zero-order valence-electron chi connectivity index (χ0n) is 11.1. The number of rotatable bonds is 4. The Hall–Kier alpha value is -2.05. The van der Waals surface area contributed by atoms with Crippen molar-refractivity contribution in [2.24, 2.45) is 0 Å². The number of carboxylic acids is 1. The third kappa shape index (κ3) is 4.21. The van der Waals surface area contributed by atoms with Crippen LogP contribution in [-0.4, -0.2) is 17.1 Å². The van der Waals surface area contributed by atoms with Crippen molar-refractivity contribution in [1.29, 1.82) is 0 Å². The zero-order chi connectivity index (χ0) is 15.4. The summed E-state index contributed by atoms with van der Waals surface area (Å²) in [6.45, 7) is 2.38. The maximum atomic E-state index is 11.8. The normalized spacial score (nSPS) is 10.2. The molecule has 0 aliphatic heterocycles. The molecule has 0 bridgehead atoms. The number of aromatic carboxylic acids is 1. The second-order valence-electron chi connectivity index (χ2n) is 4.32. The first-order chi connectivity index (χ1) is 9.95. The number of carbonyl (C=O) groups excluding carboxylic acids is 1. The molecule has 3 N–H and O–H groups in total. The van der Waals surface area contributed by atoms with Gasteiger partial charge in [-0.3, -0.25) is 0 Å². The molecule has 21 heavy (non-hydrogen) atoms. The number of hydrogen-bond donors (Lipinski definition) is 3. The van der Waals surface area contributed by atoms with Gasteiger partial charge in [-0.25, -0.2) is 9.59 Å². The lowest BCUT2D eigenvalue weighted by atomic mass is 10.2. The van der Waals surface area contributed by atoms with Crippen molar-refractivity contribution in [3.8, 4) is 0 Å². The van der Waals surface area contributed by atoms with Crippen LogP contribution in [0.25, 0.3) is 0 Å². The fourth-order valence-electron chi connectivity index (χ4n) is 1.72. The predicted octanol–water partition coefficient (Wildman–Crippen LogP) is 3.73. The van der Waals surface area contributed by atoms with Gasteiger partial charge in [0, 0.05) is 14.8 Å². The third-order valence-corrected chi connectivity index (χ3v) is 3.92. The van der Waals surface area contributed by atoms with E-state index in [0.717, 1.165) is 9.75 Å². The van der Waals surface area contributed by atoms with E-state index in [2.05, 4.69) is 10.6 Å². The highest BCUT2D eigenvalue weighted by Gasteiger charge is 2.13. The average Bonchev–Trinajstić information content (AvgIpc) is 2.84. The minimum atomic E-state index is -1.15. The SMILES string of the molecule is Cc1ccc(CNC(=O)Nc2ccc(Cl)cc2C(=O)O)s1. The lowest BCUT2D eigenvalue weighted by Gasteiger charge is -2.09. The van der Waals surface area contributed by atoms with E-state index in [4.69, 9.17) is 16.7 Å². The fraction of sp³-hybridized carbons (Fsp3) is 0.143. The molecular formula is C14H13ClN2O3S. The van der Waals surface area contributed by atoms with E-state index in [9.17, 15) is 9.59 Å². The van der Waals surface area contributed by atoms with Crippen LogP contribution in [0, 0.1) is 6.92 Å². The van der Waals surface area contributed by atoms with Crippen LogP contribution in [-0.2, 0) is 6.54 Å². The van der Waals surface area contributed by atoms with E-state index < -0.39 is 12.0 Å². The number of urea groups is 1. The standard InChI is InChI=1S/C14H13ClN2O3S/c1-8-2-4-10(21-8)7-16-14(20)17-12-5-3-9(15)6-11(12)13(18)19/h2-6H,7H2,1H3,(H,18,19)(H2,16,17,20). The van der Waals surface area contributed by atoms with Crippen LogP contribution >= 0.6 is 22.9 Å². The quantitative estimate of drug-likeness (QED) is 0.801. The van der Waals surface area contributed by atoms with Gasteiger partial charge in [0.2, 0.25) is 0 Å². The number of halogens is 1. The highest BCUT2D eigenvalue weighted by atomic mass is 35.5. The Morgan fingerprint density at radius 2 is 2.05 bits per heavy atom. The number of hydrogen-bond acceptors (Lipinski definition) is 3. The molecule has 1 heterocycles. The van der Waals surface area contributed by atoms with Gasteiger partial charge in [-0.1, -0.05) is 11.6 Å². The molecule has 0 aliphatic rings. The summed E-state index contributed by atoms with van der Waals surface area (Å²) in [4.78, 5) is 25.1. The summed E-state index contributed by atoms with van der Waals surface area (Å²) >= 11 is 7.34. The van der Waals surface area contributed by atoms with Crippen molar-refractivity contribution >= 4 is 40.6 Å². The van der Waals surface area contributed by atoms with Gasteiger partial charge >= 0.3 is 12.0 Å². The van der Waals surface area contributed by atoms with Gasteiger partial charge in [0.25, 0.3) is 0 Å². The van der Waals surface area contributed by atoms with Gasteiger partial charge in [-0.2, -0.15) is 0 Å². The minimum absolute atomic E-state index is 0.0513. The summed E-state index contributed by atoms with van der Waals surface area (Å²) in [6.07, 6.45) is 0. The molecule has 1 aromatic heterocycles. The zero-order valence-corrected chi connectivity index (χ0v) is 12.7. The lowest BCUT2D eigenvalue weighted by Crippen LogP contribution is -2.28. The van der Waals surface area contributed by atoms with E-state index in [0.29, 0.717) is 11.6 Å². The van der Waals surface area contributed by atoms with Crippen molar-refractivity contribution in [2.45, 2.75) is 13.5 Å². The molecule has 0 spiro atoms. The van der Waals surface area contributed by atoms with Crippen molar-refractivity contribution in [1.82, 2.24) is 5.32 Å². The molecule has 0 aliphatic carbocycles. The summed E-state index contributed by atoms with van der Waals surface area (Å²) in [7, 11) is 0. The topological polar surface area (TPSA) is 78.4 Å². The van der Waals surface area contributed by atoms with Gasteiger partial charge in [-0.05, 0) is 37.3 Å². The molecular weight excluding hydrogens is 312 g/mol. The van der Waals surface area contributed by atoms with E-state index in [-0.39, 0.29) is 11.3 Å². The molecule has 2 aromatic rings. The Balaban J connectivity index is 2.01. The van der Waals surface area contributed by atoms with Gasteiger partial charge in [0.15, 0.2) is 0 Å². The van der Waals surface area contributed by atoms with E-state index in [1.165, 1.54) is 18.2 Å². The molecule has 2 amide bonds. The Labute approximate surface area is 130 Å². The maximum Gasteiger partial charge on any atom is 0.337 e. The summed E-state index contributed by atoms with van der Waals surface area (Å²) in [5.41, 5.74) is 0.149. The number of aryl methyl sites for hydroxylation is 1. The molecule has 0 radical (unpaired) electrons. The second kappa shape index (κ2) is 6.60. The van der Waals surface area contributed by atoms with Gasteiger partial charge in [0.1, 0.15) is 0 Å². The monoisotopic (exact) mass is 324 g/mol. The van der Waals surface area contributed by atoms with Crippen LogP contribution in [0.2, 0.25) is 5.02 Å². The van der Waals surface area contributed by atoms with Crippen LogP contribution in [0.4, 0.5) is 10.5 Å². The van der Waals surface area contributed by atoms with E-state index in [1.807, 2.05) is 19.1 Å². The van der Waals surface area contributed by atoms with E-state index >= 15 is 0 Å². The first-order valence-electron chi connectivity index (χ1n) is 6.08. The number of amides is 2. The number of carboxylic acid groups (broad SMARTS) is 1. The van der Waals surface area contributed by atoms with Crippen molar-refractivity contribution in [3.63, 3.8) is 0 Å².